The summed E-state index contributed by atoms with van der Waals surface area (Å²) < 4.78 is 15.7. The zero-order chi connectivity index (χ0) is 6.15. The SMILES string of the molecule is O=C1C[C@H](F)C(=O)O1. The maximum Gasteiger partial charge on any atom is 0.348 e. The van der Waals surface area contributed by atoms with Crippen LogP contribution in [0.5, 0.6) is 0 Å². The van der Waals surface area contributed by atoms with E-state index >= 15 is 0 Å². The van der Waals surface area contributed by atoms with Gasteiger partial charge >= 0.3 is 11.9 Å². The van der Waals surface area contributed by atoms with Crippen molar-refractivity contribution in [2.24, 2.45) is 0 Å². The fourth-order valence-corrected chi connectivity index (χ4v) is 0.447. The number of ether oxygens (including phenoxy) is 1. The van der Waals surface area contributed by atoms with Gasteiger partial charge in [0, 0.05) is 0 Å². The van der Waals surface area contributed by atoms with Crippen molar-refractivity contribution >= 4 is 11.9 Å². The molecule has 0 amide bonds. The number of alkyl halides is 1. The average molecular weight is 118 g/mol. The minimum absolute atomic E-state index is 0.418. The molecule has 1 fully saturated rings. The van der Waals surface area contributed by atoms with Crippen LogP contribution in [0.15, 0.2) is 0 Å². The Labute approximate surface area is 44.4 Å². The number of cyclic esters (lactones) is 2. The van der Waals surface area contributed by atoms with Crippen molar-refractivity contribution in [1.82, 2.24) is 0 Å². The molecule has 1 aliphatic rings. The van der Waals surface area contributed by atoms with Crippen LogP contribution in [-0.2, 0) is 14.3 Å². The number of carbonyl (C=O) groups excluding carboxylic acids is 2. The summed E-state index contributed by atoms with van der Waals surface area (Å²) in [4.78, 5) is 19.9. The van der Waals surface area contributed by atoms with Crippen LogP contribution in [0.4, 0.5) is 4.39 Å². The molecule has 0 unspecified atom stereocenters. The highest BCUT2D eigenvalue weighted by atomic mass is 19.1. The molecule has 0 saturated carbocycles. The monoisotopic (exact) mass is 118 g/mol. The average Bonchev–Trinajstić information content (AvgIpc) is 1.85. The van der Waals surface area contributed by atoms with Crippen molar-refractivity contribution in [1.29, 1.82) is 0 Å². The first-order valence-corrected chi connectivity index (χ1v) is 2.09. The Kier molecular flexibility index (Phi) is 1.00. The lowest BCUT2D eigenvalue weighted by molar-refractivity contribution is -0.153. The molecule has 1 atom stereocenters. The highest BCUT2D eigenvalue weighted by Gasteiger charge is 2.32. The van der Waals surface area contributed by atoms with Crippen molar-refractivity contribution < 1.29 is 18.7 Å². The van der Waals surface area contributed by atoms with Gasteiger partial charge in [-0.25, -0.2) is 9.18 Å². The van der Waals surface area contributed by atoms with Gasteiger partial charge in [0.15, 0.2) is 0 Å². The van der Waals surface area contributed by atoms with E-state index in [1.807, 2.05) is 0 Å². The van der Waals surface area contributed by atoms with Crippen LogP contribution in [-0.4, -0.2) is 18.1 Å². The molecule has 0 bridgehead atoms. The summed E-state index contributed by atoms with van der Waals surface area (Å²) in [6, 6.07) is 0. The summed E-state index contributed by atoms with van der Waals surface area (Å²) >= 11 is 0. The Balaban J connectivity index is 2.64. The highest BCUT2D eigenvalue weighted by Crippen LogP contribution is 2.10. The first-order valence-electron chi connectivity index (χ1n) is 2.09. The van der Waals surface area contributed by atoms with E-state index in [0.717, 1.165) is 0 Å². The van der Waals surface area contributed by atoms with Crippen molar-refractivity contribution in [3.63, 3.8) is 0 Å². The fourth-order valence-electron chi connectivity index (χ4n) is 0.447. The van der Waals surface area contributed by atoms with E-state index in [4.69, 9.17) is 0 Å². The lowest BCUT2D eigenvalue weighted by Gasteiger charge is -1.83. The molecule has 8 heavy (non-hydrogen) atoms. The fraction of sp³-hybridized carbons (Fsp3) is 0.500. The second kappa shape index (κ2) is 1.54. The minimum Gasteiger partial charge on any atom is -0.391 e. The van der Waals surface area contributed by atoms with Crippen LogP contribution in [0.25, 0.3) is 0 Å². The smallest absolute Gasteiger partial charge is 0.348 e. The second-order valence-corrected chi connectivity index (χ2v) is 1.46. The third kappa shape index (κ3) is 0.685. The van der Waals surface area contributed by atoms with Gasteiger partial charge in [0.2, 0.25) is 6.17 Å². The molecule has 3 nitrogen and oxygen atoms in total. The van der Waals surface area contributed by atoms with Gasteiger partial charge in [-0.3, -0.25) is 4.79 Å². The molecule has 1 saturated heterocycles. The molecule has 0 N–H and O–H groups in total. The molecule has 0 aromatic heterocycles. The Hall–Kier alpha value is -0.930. The normalized spacial score (nSPS) is 28.4. The number of rotatable bonds is 0. The summed E-state index contributed by atoms with van der Waals surface area (Å²) in [5.41, 5.74) is 0. The van der Waals surface area contributed by atoms with Gasteiger partial charge in [0.05, 0.1) is 6.42 Å². The van der Waals surface area contributed by atoms with E-state index in [0.29, 0.717) is 0 Å². The van der Waals surface area contributed by atoms with E-state index in [-0.39, 0.29) is 0 Å². The topological polar surface area (TPSA) is 43.4 Å². The van der Waals surface area contributed by atoms with Crippen LogP contribution >= 0.6 is 0 Å². The molecule has 1 rings (SSSR count). The summed E-state index contributed by atoms with van der Waals surface area (Å²) in [7, 11) is 0. The summed E-state index contributed by atoms with van der Waals surface area (Å²) in [5.74, 6) is -1.84. The lowest BCUT2D eigenvalue weighted by atomic mass is 10.3. The molecular weight excluding hydrogens is 115 g/mol. The largest absolute Gasteiger partial charge is 0.391 e. The summed E-state index contributed by atoms with van der Waals surface area (Å²) in [6.07, 6.45) is -2.14. The van der Waals surface area contributed by atoms with E-state index < -0.39 is 24.5 Å². The molecule has 0 aromatic rings. The predicted octanol–water partition coefficient (Wildman–Crippen LogP) is -0.202. The van der Waals surface area contributed by atoms with Gasteiger partial charge in [-0.2, -0.15) is 0 Å². The molecule has 4 heteroatoms. The minimum atomic E-state index is -1.72. The summed E-state index contributed by atoms with van der Waals surface area (Å²) in [5, 5.41) is 0. The predicted molar refractivity (Wildman–Crippen MR) is 20.6 cm³/mol. The Morgan fingerprint density at radius 2 is 2.25 bits per heavy atom. The van der Waals surface area contributed by atoms with Crippen LogP contribution in [0.1, 0.15) is 6.42 Å². The standard InChI is InChI=1S/C4H3FO3/c5-2-1-3(6)8-4(2)7/h2H,1H2/t2-/m0/s1. The number of hydrogen-bond donors (Lipinski definition) is 0. The van der Waals surface area contributed by atoms with Gasteiger partial charge in [-0.05, 0) is 0 Å². The Bertz CT molecular complexity index is 142. The highest BCUT2D eigenvalue weighted by molar-refractivity contribution is 5.96. The Morgan fingerprint density at radius 3 is 2.38 bits per heavy atom. The van der Waals surface area contributed by atoms with E-state index in [9.17, 15) is 14.0 Å². The number of halogens is 1. The van der Waals surface area contributed by atoms with Crippen molar-refractivity contribution in [2.75, 3.05) is 0 Å². The third-order valence-electron chi connectivity index (χ3n) is 0.816. The molecule has 0 aliphatic carbocycles. The second-order valence-electron chi connectivity index (χ2n) is 1.46. The van der Waals surface area contributed by atoms with Crippen LogP contribution < -0.4 is 0 Å². The van der Waals surface area contributed by atoms with Gasteiger partial charge in [0.1, 0.15) is 0 Å². The Morgan fingerprint density at radius 1 is 1.62 bits per heavy atom. The number of esters is 2. The zero-order valence-electron chi connectivity index (χ0n) is 3.89. The third-order valence-corrected chi connectivity index (χ3v) is 0.816. The molecule has 0 spiro atoms. The summed E-state index contributed by atoms with van der Waals surface area (Å²) in [6.45, 7) is 0. The van der Waals surface area contributed by atoms with Crippen LogP contribution in [0.2, 0.25) is 0 Å². The van der Waals surface area contributed by atoms with Gasteiger partial charge < -0.3 is 4.74 Å². The molecular formula is C4H3FO3. The quantitative estimate of drug-likeness (QED) is 0.326. The van der Waals surface area contributed by atoms with Gasteiger partial charge in [0.25, 0.3) is 0 Å². The molecule has 0 aromatic carbocycles. The van der Waals surface area contributed by atoms with E-state index in [1.165, 1.54) is 0 Å². The number of hydrogen-bond acceptors (Lipinski definition) is 3. The maximum atomic E-state index is 11.9. The van der Waals surface area contributed by atoms with Gasteiger partial charge in [-0.1, -0.05) is 0 Å². The van der Waals surface area contributed by atoms with Crippen LogP contribution in [0.3, 0.4) is 0 Å². The van der Waals surface area contributed by atoms with Crippen LogP contribution in [0, 0.1) is 0 Å². The van der Waals surface area contributed by atoms with Crippen molar-refractivity contribution in [2.45, 2.75) is 12.6 Å². The van der Waals surface area contributed by atoms with E-state index in [1.54, 1.807) is 0 Å². The van der Waals surface area contributed by atoms with Crippen molar-refractivity contribution in [3.8, 4) is 0 Å². The lowest BCUT2D eigenvalue weighted by Crippen LogP contribution is -2.06. The van der Waals surface area contributed by atoms with E-state index in [2.05, 4.69) is 4.74 Å². The maximum absolute atomic E-state index is 11.9. The van der Waals surface area contributed by atoms with Gasteiger partial charge in [-0.15, -0.1) is 0 Å². The first kappa shape index (κ1) is 5.21. The molecule has 1 heterocycles. The first-order chi connectivity index (χ1) is 3.70. The number of carbonyl (C=O) groups is 2. The van der Waals surface area contributed by atoms with Crippen molar-refractivity contribution in [3.05, 3.63) is 0 Å². The molecule has 1 aliphatic heterocycles. The molecule has 44 valence electrons. The zero-order valence-corrected chi connectivity index (χ0v) is 3.89. The molecule has 0 radical (unpaired) electrons.